The van der Waals surface area contributed by atoms with Crippen LogP contribution in [0.2, 0.25) is 0 Å². The first-order valence-corrected chi connectivity index (χ1v) is 8.23. The molecular weight excluding hydrogens is 292 g/mol. The van der Waals surface area contributed by atoms with Crippen LogP contribution in [0.3, 0.4) is 0 Å². The lowest BCUT2D eigenvalue weighted by Gasteiger charge is -2.28. The van der Waals surface area contributed by atoms with Crippen molar-refractivity contribution in [1.29, 1.82) is 5.26 Å². The molecule has 114 valence electrons. The van der Waals surface area contributed by atoms with Crippen LogP contribution in [0.1, 0.15) is 13.3 Å². The van der Waals surface area contributed by atoms with Gasteiger partial charge in [-0.1, -0.05) is 6.92 Å². The van der Waals surface area contributed by atoms with Gasteiger partial charge in [-0.15, -0.1) is 0 Å². The number of anilines is 1. The van der Waals surface area contributed by atoms with E-state index >= 15 is 0 Å². The maximum absolute atomic E-state index is 12.6. The van der Waals surface area contributed by atoms with Gasteiger partial charge in [0.25, 0.3) is 0 Å². The topological polar surface area (TPSA) is 95.3 Å². The number of hydrogen-bond acceptors (Lipinski definition) is 6. The van der Waals surface area contributed by atoms with Crippen molar-refractivity contribution < 1.29 is 13.2 Å². The average Bonchev–Trinajstić information content (AvgIpc) is 2.53. The summed E-state index contributed by atoms with van der Waals surface area (Å²) in [5.74, 6) is 0.531. The van der Waals surface area contributed by atoms with Crippen LogP contribution in [0.25, 0.3) is 0 Å². The highest BCUT2D eigenvalue weighted by atomic mass is 32.2. The van der Waals surface area contributed by atoms with Crippen molar-refractivity contribution >= 4 is 15.8 Å². The Morgan fingerprint density at radius 2 is 2.43 bits per heavy atom. The zero-order valence-electron chi connectivity index (χ0n) is 11.8. The van der Waals surface area contributed by atoms with E-state index in [9.17, 15) is 8.42 Å². The molecule has 1 aromatic heterocycles. The third kappa shape index (κ3) is 3.69. The molecule has 1 aliphatic rings. The van der Waals surface area contributed by atoms with Crippen LogP contribution < -0.4 is 5.32 Å². The van der Waals surface area contributed by atoms with Crippen LogP contribution in [0.4, 0.5) is 5.82 Å². The van der Waals surface area contributed by atoms with E-state index in [0.29, 0.717) is 5.82 Å². The quantitative estimate of drug-likeness (QED) is 0.865. The molecule has 0 saturated carbocycles. The Bertz CT molecular complexity index is 627. The molecule has 1 saturated heterocycles. The number of nitriles is 1. The number of morpholine rings is 1. The summed E-state index contributed by atoms with van der Waals surface area (Å²) < 4.78 is 31.6. The minimum Gasteiger partial charge on any atom is -0.370 e. The molecule has 1 aromatic rings. The van der Waals surface area contributed by atoms with Gasteiger partial charge in [0.05, 0.1) is 24.1 Å². The second kappa shape index (κ2) is 6.85. The molecule has 1 aliphatic heterocycles. The first kappa shape index (κ1) is 15.7. The van der Waals surface area contributed by atoms with Crippen LogP contribution in [0.15, 0.2) is 23.2 Å². The van der Waals surface area contributed by atoms with Gasteiger partial charge >= 0.3 is 0 Å². The molecule has 0 aliphatic carbocycles. The molecule has 0 amide bonds. The summed E-state index contributed by atoms with van der Waals surface area (Å²) in [4.78, 5) is 4.27. The van der Waals surface area contributed by atoms with Gasteiger partial charge in [-0.2, -0.15) is 9.57 Å². The summed E-state index contributed by atoms with van der Waals surface area (Å²) >= 11 is 0. The largest absolute Gasteiger partial charge is 0.370 e. The maximum Gasteiger partial charge on any atom is 0.243 e. The highest BCUT2D eigenvalue weighted by Crippen LogP contribution is 2.20. The molecular formula is C13H18N4O3S. The number of ether oxygens (including phenoxy) is 1. The van der Waals surface area contributed by atoms with Crippen molar-refractivity contribution in [3.63, 3.8) is 0 Å². The predicted molar refractivity (Wildman–Crippen MR) is 77.1 cm³/mol. The Balaban J connectivity index is 2.21. The normalized spacial score (nSPS) is 19.9. The van der Waals surface area contributed by atoms with Gasteiger partial charge in [0, 0.05) is 25.4 Å². The maximum atomic E-state index is 12.6. The second-order valence-corrected chi connectivity index (χ2v) is 6.59. The highest BCUT2D eigenvalue weighted by Gasteiger charge is 2.30. The van der Waals surface area contributed by atoms with Crippen molar-refractivity contribution in [2.75, 3.05) is 31.6 Å². The number of rotatable bonds is 5. The van der Waals surface area contributed by atoms with Gasteiger partial charge in [0.15, 0.2) is 6.10 Å². The van der Waals surface area contributed by atoms with E-state index < -0.39 is 16.1 Å². The zero-order valence-corrected chi connectivity index (χ0v) is 12.6. The number of sulfonamides is 1. The molecule has 0 radical (unpaired) electrons. The SMILES string of the molecule is CCCNc1cc(S(=O)(=O)N2CCOC(C#N)C2)ccn1. The zero-order chi connectivity index (χ0) is 15.3. The summed E-state index contributed by atoms with van der Waals surface area (Å²) in [5, 5.41) is 11.9. The van der Waals surface area contributed by atoms with Gasteiger partial charge in [0.2, 0.25) is 10.0 Å². The molecule has 0 aromatic carbocycles. The smallest absolute Gasteiger partial charge is 0.243 e. The van der Waals surface area contributed by atoms with Crippen LogP contribution in [0.5, 0.6) is 0 Å². The molecule has 1 N–H and O–H groups in total. The lowest BCUT2D eigenvalue weighted by atomic mass is 10.3. The van der Waals surface area contributed by atoms with Gasteiger partial charge in [-0.05, 0) is 12.5 Å². The Hall–Kier alpha value is -1.69. The number of aromatic nitrogens is 1. The molecule has 0 spiro atoms. The van der Waals surface area contributed by atoms with Crippen molar-refractivity contribution in [2.45, 2.75) is 24.3 Å². The standard InChI is InChI=1S/C13H18N4O3S/c1-2-4-15-13-8-12(3-5-16-13)21(18,19)17-6-7-20-11(9-14)10-17/h3,5,8,11H,2,4,6-7,10H2,1H3,(H,15,16). The fourth-order valence-electron chi connectivity index (χ4n) is 1.99. The monoisotopic (exact) mass is 310 g/mol. The average molecular weight is 310 g/mol. The summed E-state index contributed by atoms with van der Waals surface area (Å²) in [7, 11) is -3.63. The van der Waals surface area contributed by atoms with Crippen molar-refractivity contribution in [3.05, 3.63) is 18.3 Å². The molecule has 7 nitrogen and oxygen atoms in total. The van der Waals surface area contributed by atoms with E-state index in [-0.39, 0.29) is 24.6 Å². The van der Waals surface area contributed by atoms with Crippen LogP contribution in [-0.2, 0) is 14.8 Å². The minimum absolute atomic E-state index is 0.0544. The number of nitrogens with zero attached hydrogens (tertiary/aromatic N) is 3. The highest BCUT2D eigenvalue weighted by molar-refractivity contribution is 7.89. The van der Waals surface area contributed by atoms with Crippen LogP contribution in [0, 0.1) is 11.3 Å². The Kier molecular flexibility index (Phi) is 5.12. The summed E-state index contributed by atoms with van der Waals surface area (Å²) in [6.07, 6.45) is 1.67. The second-order valence-electron chi connectivity index (χ2n) is 4.66. The number of hydrogen-bond donors (Lipinski definition) is 1. The Labute approximate surface area is 124 Å². The molecule has 0 bridgehead atoms. The molecule has 1 unspecified atom stereocenters. The van der Waals surface area contributed by atoms with Gasteiger partial charge < -0.3 is 10.1 Å². The molecule has 1 atom stereocenters. The minimum atomic E-state index is -3.63. The molecule has 1 fully saturated rings. The number of nitrogens with one attached hydrogen (secondary N) is 1. The van der Waals surface area contributed by atoms with Gasteiger partial charge in [0.1, 0.15) is 5.82 Å². The fraction of sp³-hybridized carbons (Fsp3) is 0.538. The van der Waals surface area contributed by atoms with Crippen molar-refractivity contribution in [1.82, 2.24) is 9.29 Å². The van der Waals surface area contributed by atoms with E-state index in [1.54, 1.807) is 0 Å². The van der Waals surface area contributed by atoms with Crippen LogP contribution in [-0.4, -0.2) is 50.1 Å². The summed E-state index contributed by atoms with van der Waals surface area (Å²) in [5.41, 5.74) is 0. The lowest BCUT2D eigenvalue weighted by Crippen LogP contribution is -2.45. The van der Waals surface area contributed by atoms with Gasteiger partial charge in [-0.25, -0.2) is 13.4 Å². The fourth-order valence-corrected chi connectivity index (χ4v) is 3.43. The summed E-state index contributed by atoms with van der Waals surface area (Å²) in [6, 6.07) is 4.92. The third-order valence-corrected chi connectivity index (χ3v) is 4.96. The lowest BCUT2D eigenvalue weighted by molar-refractivity contribution is 0.0311. The van der Waals surface area contributed by atoms with Crippen molar-refractivity contribution in [2.24, 2.45) is 0 Å². The van der Waals surface area contributed by atoms with Crippen LogP contribution >= 0.6 is 0 Å². The van der Waals surface area contributed by atoms with Crippen molar-refractivity contribution in [3.8, 4) is 6.07 Å². The Morgan fingerprint density at radius 3 is 3.14 bits per heavy atom. The third-order valence-electron chi connectivity index (χ3n) is 3.10. The first-order chi connectivity index (χ1) is 10.1. The predicted octanol–water partition coefficient (Wildman–Crippen LogP) is 0.817. The molecule has 2 heterocycles. The van der Waals surface area contributed by atoms with Gasteiger partial charge in [-0.3, -0.25) is 0 Å². The van der Waals surface area contributed by atoms with E-state index in [2.05, 4.69) is 10.3 Å². The van der Waals surface area contributed by atoms with E-state index in [1.807, 2.05) is 13.0 Å². The molecule has 8 heteroatoms. The van der Waals surface area contributed by atoms with E-state index in [0.717, 1.165) is 13.0 Å². The molecule has 2 rings (SSSR count). The number of pyridine rings is 1. The molecule has 21 heavy (non-hydrogen) atoms. The summed E-state index contributed by atoms with van der Waals surface area (Å²) in [6.45, 7) is 3.27. The van der Waals surface area contributed by atoms with E-state index in [1.165, 1.54) is 22.6 Å². The first-order valence-electron chi connectivity index (χ1n) is 6.79. The Morgan fingerprint density at radius 1 is 1.62 bits per heavy atom. The van der Waals surface area contributed by atoms with E-state index in [4.69, 9.17) is 10.00 Å².